The maximum Gasteiger partial charge on any atom is 0.119 e. The number of likely N-dealkylation sites (N-methyl/N-ethyl adjacent to an activating group) is 1. The summed E-state index contributed by atoms with van der Waals surface area (Å²) >= 11 is 2.01. The Hall–Kier alpha value is -0.710. The van der Waals surface area contributed by atoms with Crippen LogP contribution in [0.4, 0.5) is 0 Å². The van der Waals surface area contributed by atoms with Gasteiger partial charge in [-0.15, -0.1) is 0 Å². The molecule has 0 saturated carbocycles. The van der Waals surface area contributed by atoms with E-state index < -0.39 is 0 Å². The van der Waals surface area contributed by atoms with Crippen LogP contribution in [0.3, 0.4) is 0 Å². The van der Waals surface area contributed by atoms with Crippen molar-refractivity contribution >= 4 is 11.8 Å². The molecular formula is C14H22N2OS. The van der Waals surface area contributed by atoms with Crippen LogP contribution in [0.25, 0.3) is 0 Å². The predicted molar refractivity (Wildman–Crippen MR) is 78.2 cm³/mol. The van der Waals surface area contributed by atoms with Crippen molar-refractivity contribution in [3.63, 3.8) is 0 Å². The first kappa shape index (κ1) is 13.7. The molecule has 0 aliphatic carbocycles. The van der Waals surface area contributed by atoms with Gasteiger partial charge < -0.3 is 10.5 Å². The summed E-state index contributed by atoms with van der Waals surface area (Å²) in [5.74, 6) is 3.28. The normalized spacial score (nSPS) is 23.6. The smallest absolute Gasteiger partial charge is 0.119 e. The van der Waals surface area contributed by atoms with Crippen molar-refractivity contribution in [1.82, 2.24) is 4.90 Å². The summed E-state index contributed by atoms with van der Waals surface area (Å²) in [6.45, 7) is 1.66. The quantitative estimate of drug-likeness (QED) is 0.884. The third kappa shape index (κ3) is 2.82. The fraction of sp³-hybridized carbons (Fsp3) is 0.571. The lowest BCUT2D eigenvalue weighted by atomic mass is 9.96. The monoisotopic (exact) mass is 266 g/mol. The first-order valence-corrected chi connectivity index (χ1v) is 7.48. The standard InChI is InChI=1S/C14H22N2OS/c1-16(14(10-15)6-7-18-11-14)9-12-4-3-5-13(8-12)17-2/h3-5,8H,6-7,9-11,15H2,1-2H3. The SMILES string of the molecule is COc1cccc(CN(C)C2(CN)CCSC2)c1. The van der Waals surface area contributed by atoms with Gasteiger partial charge in [0.15, 0.2) is 0 Å². The zero-order valence-electron chi connectivity index (χ0n) is 11.2. The predicted octanol–water partition coefficient (Wildman–Crippen LogP) is 1.96. The van der Waals surface area contributed by atoms with Crippen LogP contribution in [0.15, 0.2) is 24.3 Å². The highest BCUT2D eigenvalue weighted by Crippen LogP contribution is 2.32. The number of nitrogens with two attached hydrogens (primary N) is 1. The summed E-state index contributed by atoms with van der Waals surface area (Å²) in [7, 11) is 3.88. The van der Waals surface area contributed by atoms with E-state index >= 15 is 0 Å². The number of ether oxygens (including phenoxy) is 1. The minimum atomic E-state index is 0.174. The van der Waals surface area contributed by atoms with Crippen LogP contribution in [0.5, 0.6) is 5.75 Å². The lowest BCUT2D eigenvalue weighted by Crippen LogP contribution is -2.51. The number of hydrogen-bond donors (Lipinski definition) is 1. The van der Waals surface area contributed by atoms with Crippen LogP contribution < -0.4 is 10.5 Å². The molecule has 4 heteroatoms. The van der Waals surface area contributed by atoms with Crippen LogP contribution in [-0.2, 0) is 6.54 Å². The van der Waals surface area contributed by atoms with Crippen molar-refractivity contribution < 1.29 is 4.74 Å². The third-order valence-electron chi connectivity index (χ3n) is 3.83. The Balaban J connectivity index is 2.07. The van der Waals surface area contributed by atoms with Crippen LogP contribution in [-0.4, -0.2) is 42.6 Å². The second kappa shape index (κ2) is 5.95. The van der Waals surface area contributed by atoms with Crippen LogP contribution in [0.1, 0.15) is 12.0 Å². The average Bonchev–Trinajstić information content (AvgIpc) is 2.89. The highest BCUT2D eigenvalue weighted by molar-refractivity contribution is 7.99. The van der Waals surface area contributed by atoms with Crippen LogP contribution >= 0.6 is 11.8 Å². The summed E-state index contributed by atoms with van der Waals surface area (Å²) in [6, 6.07) is 8.27. The van der Waals surface area contributed by atoms with E-state index in [0.717, 1.165) is 24.6 Å². The number of nitrogens with zero attached hydrogens (tertiary/aromatic N) is 1. The fourth-order valence-electron chi connectivity index (χ4n) is 2.43. The Morgan fingerprint density at radius 3 is 2.94 bits per heavy atom. The summed E-state index contributed by atoms with van der Waals surface area (Å²) in [5.41, 5.74) is 7.45. The molecule has 0 amide bonds. The maximum absolute atomic E-state index is 6.00. The van der Waals surface area contributed by atoms with Gasteiger partial charge in [0, 0.05) is 24.4 Å². The van der Waals surface area contributed by atoms with E-state index in [1.54, 1.807) is 7.11 Å². The van der Waals surface area contributed by atoms with E-state index in [2.05, 4.69) is 24.1 Å². The Bertz CT molecular complexity index is 391. The van der Waals surface area contributed by atoms with Crippen molar-refractivity contribution in [2.45, 2.75) is 18.5 Å². The molecule has 0 radical (unpaired) electrons. The van der Waals surface area contributed by atoms with Gasteiger partial charge in [0.2, 0.25) is 0 Å². The second-order valence-corrected chi connectivity index (χ2v) is 6.04. The highest BCUT2D eigenvalue weighted by atomic mass is 32.2. The largest absolute Gasteiger partial charge is 0.497 e. The van der Waals surface area contributed by atoms with Crippen molar-refractivity contribution in [2.75, 3.05) is 32.2 Å². The van der Waals surface area contributed by atoms with Gasteiger partial charge in [-0.3, -0.25) is 4.90 Å². The van der Waals surface area contributed by atoms with E-state index in [-0.39, 0.29) is 5.54 Å². The van der Waals surface area contributed by atoms with Gasteiger partial charge in [-0.1, -0.05) is 12.1 Å². The van der Waals surface area contributed by atoms with Gasteiger partial charge in [-0.05, 0) is 36.9 Å². The lowest BCUT2D eigenvalue weighted by molar-refractivity contribution is 0.143. The molecule has 0 aromatic heterocycles. The Morgan fingerprint density at radius 2 is 2.33 bits per heavy atom. The molecule has 100 valence electrons. The fourth-order valence-corrected chi connectivity index (χ4v) is 3.96. The molecule has 0 spiro atoms. The molecule has 1 aliphatic rings. The van der Waals surface area contributed by atoms with E-state index in [0.29, 0.717) is 0 Å². The lowest BCUT2D eigenvalue weighted by Gasteiger charge is -2.37. The molecule has 1 fully saturated rings. The molecule has 1 aliphatic heterocycles. The zero-order chi connectivity index (χ0) is 13.0. The second-order valence-electron chi connectivity index (χ2n) is 4.94. The summed E-state index contributed by atoms with van der Waals surface area (Å²) in [5, 5.41) is 0. The van der Waals surface area contributed by atoms with Gasteiger partial charge in [0.05, 0.1) is 7.11 Å². The topological polar surface area (TPSA) is 38.5 Å². The molecule has 1 saturated heterocycles. The molecule has 1 aromatic rings. The number of hydrogen-bond acceptors (Lipinski definition) is 4. The van der Waals surface area contributed by atoms with Gasteiger partial charge in [0.25, 0.3) is 0 Å². The minimum Gasteiger partial charge on any atom is -0.497 e. The van der Waals surface area contributed by atoms with Crippen molar-refractivity contribution in [3.8, 4) is 5.75 Å². The Labute approximate surface area is 114 Å². The molecule has 1 aromatic carbocycles. The molecular weight excluding hydrogens is 244 g/mol. The number of thioether (sulfide) groups is 1. The van der Waals surface area contributed by atoms with E-state index in [1.165, 1.54) is 17.7 Å². The molecule has 0 bridgehead atoms. The van der Waals surface area contributed by atoms with Crippen LogP contribution in [0.2, 0.25) is 0 Å². The highest BCUT2D eigenvalue weighted by Gasteiger charge is 2.36. The Kier molecular flexibility index (Phi) is 4.54. The first-order valence-electron chi connectivity index (χ1n) is 6.32. The van der Waals surface area contributed by atoms with Gasteiger partial charge in [0.1, 0.15) is 5.75 Å². The Morgan fingerprint density at radius 1 is 1.50 bits per heavy atom. The van der Waals surface area contributed by atoms with Gasteiger partial charge in [-0.25, -0.2) is 0 Å². The van der Waals surface area contributed by atoms with Crippen molar-refractivity contribution in [3.05, 3.63) is 29.8 Å². The molecule has 18 heavy (non-hydrogen) atoms. The molecule has 2 rings (SSSR count). The molecule has 1 atom stereocenters. The van der Waals surface area contributed by atoms with Crippen LogP contribution in [0, 0.1) is 0 Å². The average molecular weight is 266 g/mol. The number of benzene rings is 1. The molecule has 2 N–H and O–H groups in total. The van der Waals surface area contributed by atoms with Crippen molar-refractivity contribution in [1.29, 1.82) is 0 Å². The van der Waals surface area contributed by atoms with Gasteiger partial charge >= 0.3 is 0 Å². The summed E-state index contributed by atoms with van der Waals surface area (Å²) in [4.78, 5) is 2.40. The zero-order valence-corrected chi connectivity index (χ0v) is 12.0. The van der Waals surface area contributed by atoms with E-state index in [1.807, 2.05) is 23.9 Å². The molecule has 1 unspecified atom stereocenters. The number of rotatable bonds is 5. The summed E-state index contributed by atoms with van der Waals surface area (Å²) in [6.07, 6.45) is 1.19. The molecule has 1 heterocycles. The first-order chi connectivity index (χ1) is 8.70. The summed E-state index contributed by atoms with van der Waals surface area (Å²) < 4.78 is 5.27. The van der Waals surface area contributed by atoms with E-state index in [4.69, 9.17) is 10.5 Å². The van der Waals surface area contributed by atoms with Gasteiger partial charge in [-0.2, -0.15) is 11.8 Å². The van der Waals surface area contributed by atoms with Crippen molar-refractivity contribution in [2.24, 2.45) is 5.73 Å². The minimum absolute atomic E-state index is 0.174. The number of methoxy groups -OCH3 is 1. The molecule has 3 nitrogen and oxygen atoms in total. The van der Waals surface area contributed by atoms with E-state index in [9.17, 15) is 0 Å². The third-order valence-corrected chi connectivity index (χ3v) is 5.06. The maximum atomic E-state index is 6.00.